The Labute approximate surface area is 190 Å². The van der Waals surface area contributed by atoms with Crippen LogP contribution in [0.1, 0.15) is 13.8 Å². The Morgan fingerprint density at radius 1 is 1.16 bits per heavy atom. The molecule has 3 rings (SSSR count). The average molecular weight is 466 g/mol. The van der Waals surface area contributed by atoms with E-state index in [0.717, 1.165) is 9.47 Å². The highest BCUT2D eigenvalue weighted by Gasteiger charge is 2.24. The fraction of sp³-hybridized carbons (Fsp3) is 0.500. The molecule has 0 saturated carbocycles. The van der Waals surface area contributed by atoms with Gasteiger partial charge in [-0.25, -0.2) is 0 Å². The van der Waals surface area contributed by atoms with Crippen molar-refractivity contribution in [1.29, 1.82) is 0 Å². The summed E-state index contributed by atoms with van der Waals surface area (Å²) in [6.45, 7) is 6.36. The Morgan fingerprint density at radius 3 is 2.55 bits per heavy atom. The summed E-state index contributed by atoms with van der Waals surface area (Å²) in [7, 11) is 1.57. The van der Waals surface area contributed by atoms with Crippen LogP contribution in [0.5, 0.6) is 11.5 Å². The lowest BCUT2D eigenvalue weighted by molar-refractivity contribution is -0.133. The molecular formula is C20H27N5O4S2. The number of carbonyl (C=O) groups excluding carboxylic acids is 2. The fourth-order valence-corrected chi connectivity index (χ4v) is 4.70. The molecular weight excluding hydrogens is 438 g/mol. The van der Waals surface area contributed by atoms with Crippen LogP contribution in [0.4, 0.5) is 5.13 Å². The molecule has 1 N–H and O–H groups in total. The summed E-state index contributed by atoms with van der Waals surface area (Å²) in [6, 6.07) is 7.39. The molecule has 1 fully saturated rings. The third-order valence-electron chi connectivity index (χ3n) is 4.50. The minimum absolute atomic E-state index is 0.0146. The van der Waals surface area contributed by atoms with E-state index in [4.69, 9.17) is 9.47 Å². The SMILES string of the molecule is COc1ccccc1OCC(=O)N1CCN(c2nnc(SCC(=O)NC(C)C)s2)CC1. The smallest absolute Gasteiger partial charge is 0.260 e. The molecule has 0 spiro atoms. The van der Waals surface area contributed by atoms with Crippen molar-refractivity contribution in [3.63, 3.8) is 0 Å². The number of nitrogens with one attached hydrogen (secondary N) is 1. The zero-order valence-electron chi connectivity index (χ0n) is 17.9. The number of methoxy groups -OCH3 is 1. The number of hydrogen-bond acceptors (Lipinski definition) is 9. The number of para-hydroxylation sites is 2. The highest BCUT2D eigenvalue weighted by atomic mass is 32.2. The van der Waals surface area contributed by atoms with E-state index in [-0.39, 0.29) is 24.5 Å². The van der Waals surface area contributed by atoms with Crippen molar-refractivity contribution in [3.05, 3.63) is 24.3 Å². The van der Waals surface area contributed by atoms with Crippen LogP contribution in [-0.4, -0.2) is 78.6 Å². The van der Waals surface area contributed by atoms with Gasteiger partial charge in [0, 0.05) is 32.2 Å². The Morgan fingerprint density at radius 2 is 1.87 bits per heavy atom. The molecule has 0 aliphatic carbocycles. The lowest BCUT2D eigenvalue weighted by Gasteiger charge is -2.34. The molecule has 0 bridgehead atoms. The zero-order valence-corrected chi connectivity index (χ0v) is 19.5. The summed E-state index contributed by atoms with van der Waals surface area (Å²) in [5, 5.41) is 12.1. The first-order chi connectivity index (χ1) is 15.0. The van der Waals surface area contributed by atoms with E-state index in [9.17, 15) is 9.59 Å². The van der Waals surface area contributed by atoms with Gasteiger partial charge < -0.3 is 24.6 Å². The Kier molecular flexibility index (Phi) is 8.35. The van der Waals surface area contributed by atoms with Crippen molar-refractivity contribution < 1.29 is 19.1 Å². The van der Waals surface area contributed by atoms with Gasteiger partial charge in [0.05, 0.1) is 12.9 Å². The normalized spacial score (nSPS) is 13.9. The maximum Gasteiger partial charge on any atom is 0.260 e. The number of anilines is 1. The van der Waals surface area contributed by atoms with E-state index in [1.54, 1.807) is 24.1 Å². The molecule has 1 saturated heterocycles. The molecule has 1 aromatic heterocycles. The molecule has 168 valence electrons. The van der Waals surface area contributed by atoms with Gasteiger partial charge in [0.15, 0.2) is 22.4 Å². The number of hydrogen-bond donors (Lipinski definition) is 1. The molecule has 0 radical (unpaired) electrons. The summed E-state index contributed by atoms with van der Waals surface area (Å²) in [5.41, 5.74) is 0. The second kappa shape index (κ2) is 11.2. The molecule has 1 aliphatic rings. The van der Waals surface area contributed by atoms with Gasteiger partial charge in [-0.3, -0.25) is 9.59 Å². The predicted octanol–water partition coefficient (Wildman–Crippen LogP) is 1.89. The number of rotatable bonds is 9. The van der Waals surface area contributed by atoms with Crippen molar-refractivity contribution in [3.8, 4) is 11.5 Å². The summed E-state index contributed by atoms with van der Waals surface area (Å²) < 4.78 is 11.6. The summed E-state index contributed by atoms with van der Waals surface area (Å²) in [4.78, 5) is 28.2. The van der Waals surface area contributed by atoms with Crippen LogP contribution in [0, 0.1) is 0 Å². The first-order valence-corrected chi connectivity index (χ1v) is 11.8. The van der Waals surface area contributed by atoms with E-state index in [1.165, 1.54) is 23.1 Å². The van der Waals surface area contributed by atoms with Crippen LogP contribution in [0.2, 0.25) is 0 Å². The molecule has 2 amide bonds. The summed E-state index contributed by atoms with van der Waals surface area (Å²) in [6.07, 6.45) is 0. The van der Waals surface area contributed by atoms with E-state index < -0.39 is 0 Å². The number of benzene rings is 1. The fourth-order valence-electron chi connectivity index (χ4n) is 3.00. The number of aromatic nitrogens is 2. The molecule has 1 aromatic carbocycles. The van der Waals surface area contributed by atoms with Crippen LogP contribution >= 0.6 is 23.1 Å². The van der Waals surface area contributed by atoms with Crippen molar-refractivity contribution >= 4 is 40.0 Å². The molecule has 0 atom stereocenters. The number of piperazine rings is 1. The van der Waals surface area contributed by atoms with Crippen LogP contribution in [0.25, 0.3) is 0 Å². The highest BCUT2D eigenvalue weighted by Crippen LogP contribution is 2.29. The van der Waals surface area contributed by atoms with Crippen LogP contribution in [-0.2, 0) is 9.59 Å². The summed E-state index contributed by atoms with van der Waals surface area (Å²) >= 11 is 2.85. The monoisotopic (exact) mass is 465 g/mol. The maximum absolute atomic E-state index is 12.5. The van der Waals surface area contributed by atoms with E-state index >= 15 is 0 Å². The van der Waals surface area contributed by atoms with Gasteiger partial charge in [-0.15, -0.1) is 10.2 Å². The Balaban J connectivity index is 1.43. The molecule has 9 nitrogen and oxygen atoms in total. The largest absolute Gasteiger partial charge is 0.493 e. The molecule has 1 aliphatic heterocycles. The van der Waals surface area contributed by atoms with Gasteiger partial charge in [-0.2, -0.15) is 0 Å². The minimum Gasteiger partial charge on any atom is -0.493 e. The van der Waals surface area contributed by atoms with Gasteiger partial charge in [0.1, 0.15) is 0 Å². The Bertz CT molecular complexity index is 884. The molecule has 31 heavy (non-hydrogen) atoms. The van der Waals surface area contributed by atoms with Gasteiger partial charge in [0.2, 0.25) is 11.0 Å². The topological polar surface area (TPSA) is 96.9 Å². The maximum atomic E-state index is 12.5. The number of nitrogens with zero attached hydrogens (tertiary/aromatic N) is 4. The van der Waals surface area contributed by atoms with E-state index in [2.05, 4.69) is 20.4 Å². The van der Waals surface area contributed by atoms with Crippen molar-refractivity contribution in [2.24, 2.45) is 0 Å². The quantitative estimate of drug-likeness (QED) is 0.561. The Hall–Kier alpha value is -2.53. The molecule has 0 unspecified atom stereocenters. The molecule has 11 heteroatoms. The number of ether oxygens (including phenoxy) is 2. The third-order valence-corrected chi connectivity index (χ3v) is 6.61. The lowest BCUT2D eigenvalue weighted by atomic mass is 10.3. The van der Waals surface area contributed by atoms with Gasteiger partial charge in [-0.05, 0) is 26.0 Å². The molecule has 2 heterocycles. The first-order valence-electron chi connectivity index (χ1n) is 10.0. The van der Waals surface area contributed by atoms with Crippen LogP contribution in [0.15, 0.2) is 28.6 Å². The standard InChI is InChI=1S/C20H27N5O4S2/c1-14(2)21-17(26)13-30-20-23-22-19(31-20)25-10-8-24(9-11-25)18(27)12-29-16-7-5-4-6-15(16)28-3/h4-7,14H,8-13H2,1-3H3,(H,21,26). The van der Waals surface area contributed by atoms with Crippen molar-refractivity contribution in [1.82, 2.24) is 20.4 Å². The second-order valence-corrected chi connectivity index (χ2v) is 9.35. The van der Waals surface area contributed by atoms with Gasteiger partial charge in [-0.1, -0.05) is 35.2 Å². The summed E-state index contributed by atoms with van der Waals surface area (Å²) in [5.74, 6) is 1.40. The van der Waals surface area contributed by atoms with Gasteiger partial charge in [0.25, 0.3) is 5.91 Å². The van der Waals surface area contributed by atoms with Crippen LogP contribution < -0.4 is 19.7 Å². The number of carbonyl (C=O) groups is 2. The van der Waals surface area contributed by atoms with E-state index in [0.29, 0.717) is 43.4 Å². The number of thioether (sulfide) groups is 1. The lowest BCUT2D eigenvalue weighted by Crippen LogP contribution is -2.50. The second-order valence-electron chi connectivity index (χ2n) is 7.17. The highest BCUT2D eigenvalue weighted by molar-refractivity contribution is 8.01. The van der Waals surface area contributed by atoms with Crippen molar-refractivity contribution in [2.75, 3.05) is 50.5 Å². The van der Waals surface area contributed by atoms with Crippen molar-refractivity contribution in [2.45, 2.75) is 24.2 Å². The average Bonchev–Trinajstić information content (AvgIpc) is 3.25. The third kappa shape index (κ3) is 6.73. The zero-order chi connectivity index (χ0) is 22.2. The number of amides is 2. The van der Waals surface area contributed by atoms with Gasteiger partial charge >= 0.3 is 0 Å². The first kappa shape index (κ1) is 23.1. The molecule has 2 aromatic rings. The van der Waals surface area contributed by atoms with Crippen LogP contribution in [0.3, 0.4) is 0 Å². The predicted molar refractivity (Wildman–Crippen MR) is 121 cm³/mol. The minimum atomic E-state index is -0.0600. The van der Waals surface area contributed by atoms with E-state index in [1.807, 2.05) is 26.0 Å².